The van der Waals surface area contributed by atoms with Gasteiger partial charge in [0.15, 0.2) is 5.82 Å². The molecule has 1 aliphatic heterocycles. The van der Waals surface area contributed by atoms with Gasteiger partial charge in [0.25, 0.3) is 0 Å². The van der Waals surface area contributed by atoms with Crippen LogP contribution in [0.15, 0.2) is 24.4 Å². The van der Waals surface area contributed by atoms with Crippen LogP contribution in [0.1, 0.15) is 37.1 Å². The van der Waals surface area contributed by atoms with Gasteiger partial charge in [-0.05, 0) is 37.9 Å². The van der Waals surface area contributed by atoms with Crippen LogP contribution in [0.25, 0.3) is 5.69 Å². The fourth-order valence-electron chi connectivity index (χ4n) is 4.27. The maximum atomic E-state index is 14.2. The number of halogens is 2. The van der Waals surface area contributed by atoms with Crippen LogP contribution in [-0.4, -0.2) is 64.8 Å². The predicted molar refractivity (Wildman–Crippen MR) is 106 cm³/mol. The van der Waals surface area contributed by atoms with Crippen molar-refractivity contribution in [3.05, 3.63) is 47.3 Å². The summed E-state index contributed by atoms with van der Waals surface area (Å²) in [6.07, 6.45) is 4.15. The fourth-order valence-corrected chi connectivity index (χ4v) is 4.27. The van der Waals surface area contributed by atoms with Gasteiger partial charge in [0.05, 0.1) is 18.8 Å². The van der Waals surface area contributed by atoms with Gasteiger partial charge in [-0.2, -0.15) is 5.10 Å². The minimum atomic E-state index is -0.645. The Morgan fingerprint density at radius 3 is 2.69 bits per heavy atom. The minimum absolute atomic E-state index is 0.00788. The van der Waals surface area contributed by atoms with E-state index in [1.165, 1.54) is 16.8 Å². The van der Waals surface area contributed by atoms with Gasteiger partial charge < -0.3 is 10.2 Å². The van der Waals surface area contributed by atoms with E-state index in [1.807, 2.05) is 0 Å². The Morgan fingerprint density at radius 2 is 1.97 bits per heavy atom. The predicted octanol–water partition coefficient (Wildman–Crippen LogP) is 2.28. The molecule has 0 bridgehead atoms. The van der Waals surface area contributed by atoms with Crippen molar-refractivity contribution in [2.45, 2.75) is 32.2 Å². The van der Waals surface area contributed by atoms with E-state index in [1.54, 1.807) is 6.20 Å². The SMILES string of the molecule is CCN1CCN(CC(=O)NC2CCCc3c2cnn3-c2ccc(F)cc2F)CC1. The van der Waals surface area contributed by atoms with Gasteiger partial charge in [-0.25, -0.2) is 13.5 Å². The molecule has 4 rings (SSSR count). The smallest absolute Gasteiger partial charge is 0.234 e. The Labute approximate surface area is 169 Å². The van der Waals surface area contributed by atoms with E-state index in [9.17, 15) is 13.6 Å². The number of nitrogens with one attached hydrogen (secondary N) is 1. The molecular formula is C21H27F2N5O. The Balaban J connectivity index is 1.44. The van der Waals surface area contributed by atoms with E-state index in [0.29, 0.717) is 6.54 Å². The van der Waals surface area contributed by atoms with E-state index in [4.69, 9.17) is 0 Å². The molecule has 2 aliphatic rings. The highest BCUT2D eigenvalue weighted by atomic mass is 19.1. The van der Waals surface area contributed by atoms with Crippen molar-refractivity contribution in [3.8, 4) is 5.69 Å². The molecule has 1 atom stereocenters. The Bertz CT molecular complexity index is 876. The van der Waals surface area contributed by atoms with Gasteiger partial charge in [-0.3, -0.25) is 9.69 Å². The fraction of sp³-hybridized carbons (Fsp3) is 0.524. The second-order valence-electron chi connectivity index (χ2n) is 7.78. The van der Waals surface area contributed by atoms with Crippen LogP contribution in [0.2, 0.25) is 0 Å². The van der Waals surface area contributed by atoms with Crippen LogP contribution in [0, 0.1) is 11.6 Å². The monoisotopic (exact) mass is 403 g/mol. The van der Waals surface area contributed by atoms with Crippen LogP contribution in [-0.2, 0) is 11.2 Å². The highest BCUT2D eigenvalue weighted by Gasteiger charge is 2.27. The first-order chi connectivity index (χ1) is 14.0. The number of hydrogen-bond acceptors (Lipinski definition) is 4. The molecule has 156 valence electrons. The third-order valence-corrected chi connectivity index (χ3v) is 5.94. The quantitative estimate of drug-likeness (QED) is 0.832. The third kappa shape index (κ3) is 4.33. The lowest BCUT2D eigenvalue weighted by Gasteiger charge is -2.34. The summed E-state index contributed by atoms with van der Waals surface area (Å²) in [4.78, 5) is 17.2. The first-order valence-electron chi connectivity index (χ1n) is 10.3. The Morgan fingerprint density at radius 1 is 1.21 bits per heavy atom. The lowest BCUT2D eigenvalue weighted by atomic mass is 9.93. The molecule has 1 aromatic carbocycles. The summed E-state index contributed by atoms with van der Waals surface area (Å²) in [5, 5.41) is 7.47. The number of nitrogens with zero attached hydrogens (tertiary/aromatic N) is 4. The van der Waals surface area contributed by atoms with Crippen LogP contribution >= 0.6 is 0 Å². The Hall–Kier alpha value is -2.32. The summed E-state index contributed by atoms with van der Waals surface area (Å²) >= 11 is 0. The number of hydrogen-bond donors (Lipinski definition) is 1. The molecule has 1 amide bonds. The van der Waals surface area contributed by atoms with Crippen LogP contribution in [0.3, 0.4) is 0 Å². The van der Waals surface area contributed by atoms with Crippen molar-refractivity contribution >= 4 is 5.91 Å². The van der Waals surface area contributed by atoms with Gasteiger partial charge in [-0.15, -0.1) is 0 Å². The van der Waals surface area contributed by atoms with E-state index in [2.05, 4.69) is 27.1 Å². The largest absolute Gasteiger partial charge is 0.348 e. The normalized spacial score (nSPS) is 20.4. The number of rotatable bonds is 5. The zero-order valence-electron chi connectivity index (χ0n) is 16.7. The number of carbonyl (C=O) groups is 1. The summed E-state index contributed by atoms with van der Waals surface area (Å²) in [6.45, 7) is 7.38. The number of aromatic nitrogens is 2. The van der Waals surface area contributed by atoms with Crippen molar-refractivity contribution in [2.75, 3.05) is 39.3 Å². The van der Waals surface area contributed by atoms with Crippen LogP contribution in [0.5, 0.6) is 0 Å². The minimum Gasteiger partial charge on any atom is -0.348 e. The molecule has 29 heavy (non-hydrogen) atoms. The van der Waals surface area contributed by atoms with E-state index >= 15 is 0 Å². The summed E-state index contributed by atoms with van der Waals surface area (Å²) < 4.78 is 29.0. The molecule has 1 fully saturated rings. The maximum Gasteiger partial charge on any atom is 0.234 e. The number of likely N-dealkylation sites (N-methyl/N-ethyl adjacent to an activating group) is 1. The average Bonchev–Trinajstić information content (AvgIpc) is 3.13. The summed E-state index contributed by atoms with van der Waals surface area (Å²) in [6, 6.07) is 3.37. The number of amides is 1. The molecule has 8 heteroatoms. The number of benzene rings is 1. The molecule has 1 aliphatic carbocycles. The van der Waals surface area contributed by atoms with Crippen molar-refractivity contribution < 1.29 is 13.6 Å². The van der Waals surface area contributed by atoms with Gasteiger partial charge in [0, 0.05) is 43.5 Å². The highest BCUT2D eigenvalue weighted by molar-refractivity contribution is 5.78. The summed E-state index contributed by atoms with van der Waals surface area (Å²) in [7, 11) is 0. The second-order valence-corrected chi connectivity index (χ2v) is 7.78. The molecule has 1 saturated heterocycles. The van der Waals surface area contributed by atoms with Gasteiger partial charge in [-0.1, -0.05) is 6.92 Å². The molecule has 0 spiro atoms. The zero-order valence-corrected chi connectivity index (χ0v) is 16.7. The zero-order chi connectivity index (χ0) is 20.4. The van der Waals surface area contributed by atoms with Crippen molar-refractivity contribution in [1.29, 1.82) is 0 Å². The average molecular weight is 403 g/mol. The molecule has 0 radical (unpaired) electrons. The van der Waals surface area contributed by atoms with Gasteiger partial charge in [0.2, 0.25) is 5.91 Å². The molecule has 1 aromatic heterocycles. The molecular weight excluding hydrogens is 376 g/mol. The van der Waals surface area contributed by atoms with Crippen molar-refractivity contribution in [2.24, 2.45) is 0 Å². The maximum absolute atomic E-state index is 14.2. The lowest BCUT2D eigenvalue weighted by molar-refractivity contribution is -0.123. The summed E-state index contributed by atoms with van der Waals surface area (Å²) in [5.74, 6) is -1.25. The van der Waals surface area contributed by atoms with Gasteiger partial charge >= 0.3 is 0 Å². The number of piperazine rings is 1. The first-order valence-corrected chi connectivity index (χ1v) is 10.3. The molecule has 2 heterocycles. The molecule has 0 saturated carbocycles. The molecule has 1 unspecified atom stereocenters. The standard InChI is InChI=1S/C21H27F2N5O/c1-2-26-8-10-27(11-9-26)14-21(29)25-18-4-3-5-19-16(18)13-24-28(19)20-7-6-15(22)12-17(20)23/h6-7,12-13,18H,2-5,8-11,14H2,1H3,(H,25,29). The third-order valence-electron chi connectivity index (χ3n) is 5.94. The first kappa shape index (κ1) is 20.0. The summed E-state index contributed by atoms with van der Waals surface area (Å²) in [5.41, 5.74) is 2.03. The van der Waals surface area contributed by atoms with E-state index in [0.717, 1.165) is 69.3 Å². The Kier molecular flexibility index (Phi) is 5.91. The topological polar surface area (TPSA) is 53.4 Å². The molecule has 1 N–H and O–H groups in total. The lowest BCUT2D eigenvalue weighted by Crippen LogP contribution is -2.49. The van der Waals surface area contributed by atoms with Crippen molar-refractivity contribution in [1.82, 2.24) is 24.9 Å². The molecule has 2 aromatic rings. The van der Waals surface area contributed by atoms with Crippen molar-refractivity contribution in [3.63, 3.8) is 0 Å². The molecule has 6 nitrogen and oxygen atoms in total. The van der Waals surface area contributed by atoms with E-state index < -0.39 is 11.6 Å². The van der Waals surface area contributed by atoms with Crippen LogP contribution < -0.4 is 5.32 Å². The van der Waals surface area contributed by atoms with E-state index in [-0.39, 0.29) is 17.6 Å². The van der Waals surface area contributed by atoms with Crippen LogP contribution in [0.4, 0.5) is 8.78 Å². The highest BCUT2D eigenvalue weighted by Crippen LogP contribution is 2.31. The number of fused-ring (bicyclic) bond motifs is 1. The number of carbonyl (C=O) groups excluding carboxylic acids is 1. The van der Waals surface area contributed by atoms with Gasteiger partial charge in [0.1, 0.15) is 11.5 Å². The second kappa shape index (κ2) is 8.59.